The van der Waals surface area contributed by atoms with E-state index in [0.717, 1.165) is 19.3 Å². The molecule has 7 heteroatoms. The van der Waals surface area contributed by atoms with Crippen LogP contribution in [0.1, 0.15) is 42.5 Å². The van der Waals surface area contributed by atoms with Crippen LogP contribution in [0.25, 0.3) is 0 Å². The number of hydrogen-bond acceptors (Lipinski definition) is 3. The van der Waals surface area contributed by atoms with Crippen molar-refractivity contribution in [1.82, 2.24) is 5.32 Å². The number of rotatable bonds is 7. The number of para-hydroxylation sites is 1. The van der Waals surface area contributed by atoms with E-state index in [4.69, 9.17) is 0 Å². The Morgan fingerprint density at radius 2 is 1.79 bits per heavy atom. The van der Waals surface area contributed by atoms with E-state index in [0.29, 0.717) is 12.1 Å². The first-order valence-corrected chi connectivity index (χ1v) is 10.8. The minimum atomic E-state index is -3.94. The van der Waals surface area contributed by atoms with Gasteiger partial charge in [0.05, 0.1) is 10.6 Å². The number of hydrogen-bond donors (Lipinski definition) is 2. The van der Waals surface area contributed by atoms with Crippen molar-refractivity contribution in [2.45, 2.75) is 37.0 Å². The van der Waals surface area contributed by atoms with Gasteiger partial charge in [-0.05, 0) is 68.5 Å². The summed E-state index contributed by atoms with van der Waals surface area (Å²) in [7, 11) is -3.94. The van der Waals surface area contributed by atoms with Crippen LogP contribution in [-0.2, 0) is 10.0 Å². The van der Waals surface area contributed by atoms with E-state index in [2.05, 4.69) is 16.1 Å². The lowest BCUT2D eigenvalue weighted by Gasteiger charge is -2.13. The van der Waals surface area contributed by atoms with E-state index in [1.54, 1.807) is 0 Å². The quantitative estimate of drug-likeness (QED) is 0.680. The third kappa shape index (κ3) is 5.19. The minimum Gasteiger partial charge on any atom is -0.352 e. The highest BCUT2D eigenvalue weighted by atomic mass is 32.2. The summed E-state index contributed by atoms with van der Waals surface area (Å²) in [4.78, 5) is 12.2. The monoisotopic (exact) mass is 402 g/mol. The maximum absolute atomic E-state index is 13.7. The third-order valence-corrected chi connectivity index (χ3v) is 6.04. The van der Waals surface area contributed by atoms with E-state index in [1.807, 2.05) is 0 Å². The van der Waals surface area contributed by atoms with Crippen LogP contribution >= 0.6 is 0 Å². The Bertz CT molecular complexity index is 969. The van der Waals surface area contributed by atoms with E-state index in [1.165, 1.54) is 66.9 Å². The van der Waals surface area contributed by atoms with Gasteiger partial charge in [0.15, 0.2) is 0 Å². The second kappa shape index (κ2) is 9.01. The van der Waals surface area contributed by atoms with Crippen molar-refractivity contribution in [1.29, 1.82) is 0 Å². The Balaban J connectivity index is 1.59. The number of amides is 1. The molecule has 2 N–H and O–H groups in total. The summed E-state index contributed by atoms with van der Waals surface area (Å²) < 4.78 is 40.7. The predicted molar refractivity (Wildman–Crippen MR) is 107 cm³/mol. The van der Waals surface area contributed by atoms with Crippen LogP contribution in [-0.4, -0.2) is 20.9 Å². The average molecular weight is 402 g/mol. The van der Waals surface area contributed by atoms with Gasteiger partial charge in [-0.3, -0.25) is 9.52 Å². The van der Waals surface area contributed by atoms with Crippen molar-refractivity contribution in [2.75, 3.05) is 11.3 Å². The molecule has 148 valence electrons. The van der Waals surface area contributed by atoms with Crippen LogP contribution in [0.3, 0.4) is 0 Å². The predicted octanol–water partition coefficient (Wildman–Crippen LogP) is 4.25. The molecule has 0 unspecified atom stereocenters. The molecule has 3 rings (SSSR count). The number of carbonyl (C=O) groups is 1. The number of sulfonamides is 1. The van der Waals surface area contributed by atoms with Gasteiger partial charge in [-0.1, -0.05) is 23.8 Å². The first kappa shape index (κ1) is 20.1. The lowest BCUT2D eigenvalue weighted by atomic mass is 9.97. The zero-order valence-electron chi connectivity index (χ0n) is 15.4. The van der Waals surface area contributed by atoms with Gasteiger partial charge in [-0.25, -0.2) is 12.8 Å². The van der Waals surface area contributed by atoms with Gasteiger partial charge in [0.2, 0.25) is 0 Å². The Morgan fingerprint density at radius 3 is 2.46 bits per heavy atom. The fourth-order valence-electron chi connectivity index (χ4n) is 3.10. The van der Waals surface area contributed by atoms with Gasteiger partial charge in [0, 0.05) is 12.1 Å². The van der Waals surface area contributed by atoms with Crippen LogP contribution in [0.2, 0.25) is 0 Å². The van der Waals surface area contributed by atoms with Crippen LogP contribution in [0.4, 0.5) is 10.1 Å². The van der Waals surface area contributed by atoms with E-state index < -0.39 is 15.8 Å². The molecule has 1 amide bonds. The second-order valence-electron chi connectivity index (χ2n) is 6.72. The summed E-state index contributed by atoms with van der Waals surface area (Å²) in [5, 5.41) is 2.86. The van der Waals surface area contributed by atoms with Crippen molar-refractivity contribution >= 4 is 21.6 Å². The average Bonchev–Trinajstić information content (AvgIpc) is 2.70. The van der Waals surface area contributed by atoms with Crippen molar-refractivity contribution in [3.63, 3.8) is 0 Å². The van der Waals surface area contributed by atoms with E-state index in [9.17, 15) is 17.6 Å². The second-order valence-corrected chi connectivity index (χ2v) is 8.41. The first-order chi connectivity index (χ1) is 13.5. The molecule has 0 saturated carbocycles. The minimum absolute atomic E-state index is 0.0420. The largest absolute Gasteiger partial charge is 0.352 e. The summed E-state index contributed by atoms with van der Waals surface area (Å²) in [5.41, 5.74) is 1.64. The molecule has 0 saturated heterocycles. The zero-order chi connectivity index (χ0) is 20.0. The molecule has 0 aromatic heterocycles. The maximum atomic E-state index is 13.7. The maximum Gasteiger partial charge on any atom is 0.261 e. The molecule has 28 heavy (non-hydrogen) atoms. The molecular formula is C21H23FN2O3S. The Hall–Kier alpha value is -2.67. The normalized spacial score (nSPS) is 14.2. The molecule has 0 atom stereocenters. The highest BCUT2D eigenvalue weighted by Gasteiger charge is 2.17. The molecule has 2 aromatic rings. The van der Waals surface area contributed by atoms with Crippen LogP contribution in [0.15, 0.2) is 65.1 Å². The van der Waals surface area contributed by atoms with Gasteiger partial charge in [0.25, 0.3) is 15.9 Å². The molecule has 0 bridgehead atoms. The number of nitrogens with one attached hydrogen (secondary N) is 2. The Morgan fingerprint density at radius 1 is 1.04 bits per heavy atom. The van der Waals surface area contributed by atoms with Crippen LogP contribution in [0.5, 0.6) is 0 Å². The summed E-state index contributed by atoms with van der Waals surface area (Å²) in [5.74, 6) is -0.905. The fourth-order valence-corrected chi connectivity index (χ4v) is 4.17. The molecular weight excluding hydrogens is 379 g/mol. The summed E-state index contributed by atoms with van der Waals surface area (Å²) >= 11 is 0. The summed E-state index contributed by atoms with van der Waals surface area (Å²) in [6.07, 6.45) is 7.73. The summed E-state index contributed by atoms with van der Waals surface area (Å²) in [6, 6.07) is 11.1. The molecule has 2 aromatic carbocycles. The van der Waals surface area contributed by atoms with Crippen molar-refractivity contribution in [3.8, 4) is 0 Å². The van der Waals surface area contributed by atoms with Crippen molar-refractivity contribution in [3.05, 3.63) is 71.6 Å². The van der Waals surface area contributed by atoms with Gasteiger partial charge in [-0.15, -0.1) is 0 Å². The number of allylic oxidation sites excluding steroid dienone is 1. The number of carbonyl (C=O) groups excluding carboxylic acids is 1. The zero-order valence-corrected chi connectivity index (χ0v) is 16.3. The Labute approximate surface area is 164 Å². The van der Waals surface area contributed by atoms with Gasteiger partial charge >= 0.3 is 0 Å². The van der Waals surface area contributed by atoms with Crippen LogP contribution < -0.4 is 10.0 Å². The molecule has 0 aliphatic heterocycles. The molecule has 1 aliphatic carbocycles. The smallest absolute Gasteiger partial charge is 0.261 e. The molecule has 0 heterocycles. The van der Waals surface area contributed by atoms with Gasteiger partial charge in [-0.2, -0.15) is 0 Å². The lowest BCUT2D eigenvalue weighted by Crippen LogP contribution is -2.25. The number of halogens is 1. The molecule has 0 radical (unpaired) electrons. The topological polar surface area (TPSA) is 75.3 Å². The van der Waals surface area contributed by atoms with Crippen molar-refractivity contribution in [2.24, 2.45) is 0 Å². The van der Waals surface area contributed by atoms with E-state index >= 15 is 0 Å². The highest BCUT2D eigenvalue weighted by Crippen LogP contribution is 2.20. The fraction of sp³-hybridized carbons (Fsp3) is 0.286. The molecule has 0 fully saturated rings. The van der Waals surface area contributed by atoms with Crippen molar-refractivity contribution < 1.29 is 17.6 Å². The SMILES string of the molecule is O=C(NCCC1=CCCCC1)c1ccc(S(=O)(=O)Nc2ccccc2F)cc1. The molecule has 0 spiro atoms. The standard InChI is InChI=1S/C21H23FN2O3S/c22-19-8-4-5-9-20(19)24-28(26,27)18-12-10-17(11-13-18)21(25)23-15-14-16-6-2-1-3-7-16/h4-6,8-13,24H,1-3,7,14-15H2,(H,23,25). The molecule has 5 nitrogen and oxygen atoms in total. The Kier molecular flexibility index (Phi) is 6.46. The van der Waals surface area contributed by atoms with Gasteiger partial charge in [0.1, 0.15) is 5.82 Å². The number of benzene rings is 2. The highest BCUT2D eigenvalue weighted by molar-refractivity contribution is 7.92. The first-order valence-electron chi connectivity index (χ1n) is 9.29. The van der Waals surface area contributed by atoms with Crippen LogP contribution in [0, 0.1) is 5.82 Å². The van der Waals surface area contributed by atoms with Gasteiger partial charge < -0.3 is 5.32 Å². The molecule has 1 aliphatic rings. The lowest BCUT2D eigenvalue weighted by molar-refractivity contribution is 0.0954. The number of anilines is 1. The third-order valence-electron chi connectivity index (χ3n) is 4.66. The van der Waals surface area contributed by atoms with E-state index in [-0.39, 0.29) is 16.5 Å². The summed E-state index contributed by atoms with van der Waals surface area (Å²) in [6.45, 7) is 0.555.